The number of rotatable bonds is 4. The van der Waals surface area contributed by atoms with E-state index in [1.165, 1.54) is 12.3 Å². The average molecular weight is 320 g/mol. The largest absolute Gasteiger partial charge is 0.413 e. The van der Waals surface area contributed by atoms with Crippen molar-refractivity contribution in [1.29, 1.82) is 0 Å². The smallest absolute Gasteiger partial charge is 0.192 e. The Morgan fingerprint density at radius 3 is 2.64 bits per heavy atom. The van der Waals surface area contributed by atoms with Crippen LogP contribution in [-0.4, -0.2) is 26.5 Å². The highest BCUT2D eigenvalue weighted by Gasteiger charge is 2.37. The topological polar surface area (TPSA) is 34.1 Å². The Bertz CT molecular complexity index is 586. The second kappa shape index (κ2) is 6.34. The van der Waals surface area contributed by atoms with Crippen LogP contribution in [0.5, 0.6) is 0 Å². The highest BCUT2D eigenvalue weighted by atomic mass is 28.4. The van der Waals surface area contributed by atoms with Crippen LogP contribution in [-0.2, 0) is 4.43 Å². The summed E-state index contributed by atoms with van der Waals surface area (Å²) in [6.07, 6.45) is 5.32. The molecule has 0 radical (unpaired) electrons. The molecule has 0 saturated heterocycles. The lowest BCUT2D eigenvalue weighted by molar-refractivity contribution is 0.321. The van der Waals surface area contributed by atoms with Crippen LogP contribution in [0.2, 0.25) is 18.1 Å². The van der Waals surface area contributed by atoms with Gasteiger partial charge in [-0.25, -0.2) is 4.39 Å². The zero-order chi connectivity index (χ0) is 16.4. The third-order valence-electron chi connectivity index (χ3n) is 4.40. The van der Waals surface area contributed by atoms with Crippen molar-refractivity contribution in [3.8, 4) is 0 Å². The van der Waals surface area contributed by atoms with E-state index in [0.29, 0.717) is 13.2 Å². The van der Waals surface area contributed by atoms with Crippen molar-refractivity contribution >= 4 is 13.9 Å². The van der Waals surface area contributed by atoms with E-state index < -0.39 is 8.32 Å². The minimum atomic E-state index is -1.76. The standard InChI is InChI=1S/C17H25FN2OSi/c1-17(2,3)22(4,5)21-12-13-8-14(10-19-9-13)16-7-6-15(18)11-20-16/h6-9,11,19H,10,12H2,1-5H3. The van der Waals surface area contributed by atoms with Gasteiger partial charge < -0.3 is 9.74 Å². The predicted octanol–water partition coefficient (Wildman–Crippen LogP) is 4.11. The van der Waals surface area contributed by atoms with Gasteiger partial charge in [0, 0.05) is 12.7 Å². The Morgan fingerprint density at radius 1 is 1.32 bits per heavy atom. The first-order valence-corrected chi connectivity index (χ1v) is 10.5. The lowest BCUT2D eigenvalue weighted by Gasteiger charge is -2.36. The first-order chi connectivity index (χ1) is 10.2. The van der Waals surface area contributed by atoms with E-state index >= 15 is 0 Å². The maximum absolute atomic E-state index is 13.0. The normalized spacial score (nSPS) is 15.9. The van der Waals surface area contributed by atoms with Crippen molar-refractivity contribution in [1.82, 2.24) is 10.3 Å². The van der Waals surface area contributed by atoms with Gasteiger partial charge in [-0.3, -0.25) is 4.98 Å². The van der Waals surface area contributed by atoms with Crippen LogP contribution >= 0.6 is 0 Å². The third kappa shape index (κ3) is 4.05. The number of pyridine rings is 1. The number of nitrogens with one attached hydrogen (secondary N) is 1. The molecule has 1 N–H and O–H groups in total. The molecule has 120 valence electrons. The molecule has 1 aliphatic rings. The Hall–Kier alpha value is -1.46. The van der Waals surface area contributed by atoms with Crippen LogP contribution < -0.4 is 5.32 Å². The molecule has 1 aliphatic heterocycles. The first kappa shape index (κ1) is 16.9. The van der Waals surface area contributed by atoms with Crippen molar-refractivity contribution in [2.75, 3.05) is 13.2 Å². The van der Waals surface area contributed by atoms with Crippen LogP contribution in [0.25, 0.3) is 5.57 Å². The van der Waals surface area contributed by atoms with Gasteiger partial charge in [0.2, 0.25) is 0 Å². The third-order valence-corrected chi connectivity index (χ3v) is 8.88. The molecule has 1 aromatic heterocycles. The number of nitrogens with zero attached hydrogens (tertiary/aromatic N) is 1. The zero-order valence-electron chi connectivity index (χ0n) is 14.0. The molecule has 0 amide bonds. The molecule has 0 spiro atoms. The molecule has 0 saturated carbocycles. The highest BCUT2D eigenvalue weighted by molar-refractivity contribution is 6.74. The van der Waals surface area contributed by atoms with Crippen molar-refractivity contribution in [2.45, 2.75) is 38.9 Å². The Balaban J connectivity index is 2.07. The summed E-state index contributed by atoms with van der Waals surface area (Å²) in [5.41, 5.74) is 2.94. The molecule has 0 atom stereocenters. The predicted molar refractivity (Wildman–Crippen MR) is 91.4 cm³/mol. The van der Waals surface area contributed by atoms with Gasteiger partial charge in [0.15, 0.2) is 8.32 Å². The van der Waals surface area contributed by atoms with Gasteiger partial charge >= 0.3 is 0 Å². The molecule has 0 unspecified atom stereocenters. The Kier molecular flexibility index (Phi) is 4.87. The summed E-state index contributed by atoms with van der Waals surface area (Å²) < 4.78 is 19.2. The van der Waals surface area contributed by atoms with Gasteiger partial charge in [0.25, 0.3) is 0 Å². The van der Waals surface area contributed by atoms with Crippen LogP contribution in [0.3, 0.4) is 0 Å². The van der Waals surface area contributed by atoms with Crippen molar-refractivity contribution < 1.29 is 8.82 Å². The summed E-state index contributed by atoms with van der Waals surface area (Å²) >= 11 is 0. The quantitative estimate of drug-likeness (QED) is 0.848. The fraction of sp³-hybridized carbons (Fsp3) is 0.471. The lowest BCUT2D eigenvalue weighted by atomic mass is 10.1. The summed E-state index contributed by atoms with van der Waals surface area (Å²) in [6.45, 7) is 12.5. The van der Waals surface area contributed by atoms with E-state index in [4.69, 9.17) is 4.43 Å². The van der Waals surface area contributed by atoms with Gasteiger partial charge in [0.05, 0.1) is 18.5 Å². The number of halogens is 1. The van der Waals surface area contributed by atoms with Gasteiger partial charge in [-0.2, -0.15) is 0 Å². The van der Waals surface area contributed by atoms with Crippen LogP contribution in [0, 0.1) is 5.82 Å². The molecule has 5 heteroatoms. The minimum Gasteiger partial charge on any atom is -0.413 e. The van der Waals surface area contributed by atoms with Crippen molar-refractivity contribution in [3.05, 3.63) is 47.7 Å². The average Bonchev–Trinajstić information content (AvgIpc) is 2.45. The van der Waals surface area contributed by atoms with E-state index in [1.807, 2.05) is 6.20 Å². The van der Waals surface area contributed by atoms with Crippen molar-refractivity contribution in [2.24, 2.45) is 0 Å². The van der Waals surface area contributed by atoms with E-state index in [1.54, 1.807) is 6.07 Å². The molecular weight excluding hydrogens is 295 g/mol. The van der Waals surface area contributed by atoms with Gasteiger partial charge in [-0.15, -0.1) is 0 Å². The molecular formula is C17H25FN2OSi. The van der Waals surface area contributed by atoms with Crippen LogP contribution in [0.1, 0.15) is 26.5 Å². The van der Waals surface area contributed by atoms with Crippen LogP contribution in [0.15, 0.2) is 36.2 Å². The molecule has 2 heterocycles. The number of hydrogen-bond acceptors (Lipinski definition) is 3. The molecule has 0 aliphatic carbocycles. The second-order valence-corrected chi connectivity index (χ2v) is 12.0. The minimum absolute atomic E-state index is 0.195. The number of dihydropyridines is 1. The Labute approximate surface area is 133 Å². The molecule has 2 rings (SSSR count). The summed E-state index contributed by atoms with van der Waals surface area (Å²) in [4.78, 5) is 4.14. The van der Waals surface area contributed by atoms with E-state index in [-0.39, 0.29) is 10.9 Å². The second-order valence-electron chi connectivity index (χ2n) is 7.18. The summed E-state index contributed by atoms with van der Waals surface area (Å²) in [6, 6.07) is 3.15. The monoisotopic (exact) mass is 320 g/mol. The van der Waals surface area contributed by atoms with Gasteiger partial charge in [0.1, 0.15) is 5.82 Å². The van der Waals surface area contributed by atoms with E-state index in [9.17, 15) is 4.39 Å². The van der Waals surface area contributed by atoms with E-state index in [2.05, 4.69) is 50.2 Å². The molecule has 0 aromatic carbocycles. The molecule has 3 nitrogen and oxygen atoms in total. The summed E-state index contributed by atoms with van der Waals surface area (Å²) in [5, 5.41) is 3.44. The Morgan fingerprint density at radius 2 is 2.05 bits per heavy atom. The maximum atomic E-state index is 13.0. The van der Waals surface area contributed by atoms with Gasteiger partial charge in [-0.1, -0.05) is 20.8 Å². The number of hydrogen-bond donors (Lipinski definition) is 1. The van der Waals surface area contributed by atoms with Gasteiger partial charge in [-0.05, 0) is 47.5 Å². The maximum Gasteiger partial charge on any atom is 0.192 e. The molecule has 1 aromatic rings. The first-order valence-electron chi connectivity index (χ1n) is 7.58. The summed E-state index contributed by atoms with van der Waals surface area (Å²) in [5.74, 6) is -0.315. The number of aromatic nitrogens is 1. The molecule has 22 heavy (non-hydrogen) atoms. The highest BCUT2D eigenvalue weighted by Crippen LogP contribution is 2.36. The fourth-order valence-corrected chi connectivity index (χ4v) is 2.86. The van der Waals surface area contributed by atoms with Crippen molar-refractivity contribution in [3.63, 3.8) is 0 Å². The zero-order valence-corrected chi connectivity index (χ0v) is 15.0. The van der Waals surface area contributed by atoms with Crippen LogP contribution in [0.4, 0.5) is 4.39 Å². The SMILES string of the molecule is CC(C)(C)[Si](C)(C)OCC1=CNCC(c2ccc(F)cn2)=C1. The summed E-state index contributed by atoms with van der Waals surface area (Å²) in [7, 11) is -1.76. The lowest BCUT2D eigenvalue weighted by Crippen LogP contribution is -2.41. The molecule has 0 bridgehead atoms. The molecule has 0 fully saturated rings. The fourth-order valence-electron chi connectivity index (χ4n) is 1.90. The van der Waals surface area contributed by atoms with E-state index in [0.717, 1.165) is 16.8 Å².